The monoisotopic (exact) mass is 277 g/mol. The van der Waals surface area contributed by atoms with Gasteiger partial charge in [-0.2, -0.15) is 5.10 Å². The zero-order valence-corrected chi connectivity index (χ0v) is 12.6. The number of carbonyl (C=O) groups excluding carboxylic acids is 2. The fourth-order valence-electron chi connectivity index (χ4n) is 2.45. The lowest BCUT2D eigenvalue weighted by Gasteiger charge is -2.32. The van der Waals surface area contributed by atoms with Crippen LogP contribution >= 0.6 is 0 Å². The molecule has 5 nitrogen and oxygen atoms in total. The summed E-state index contributed by atoms with van der Waals surface area (Å²) in [5.74, 6) is -1.95. The maximum atomic E-state index is 11.0. The summed E-state index contributed by atoms with van der Waals surface area (Å²) in [5, 5.41) is 3.81. The Morgan fingerprint density at radius 1 is 1.40 bits per heavy atom. The third-order valence-electron chi connectivity index (χ3n) is 3.59. The molecule has 1 aliphatic carbocycles. The highest BCUT2D eigenvalue weighted by molar-refractivity contribution is 6.34. The molecule has 0 saturated carbocycles. The zero-order valence-electron chi connectivity index (χ0n) is 12.6. The highest BCUT2D eigenvalue weighted by atomic mass is 16.2. The molecular weight excluding hydrogens is 254 g/mol. The minimum Gasteiger partial charge on any atom is -0.361 e. The van der Waals surface area contributed by atoms with Gasteiger partial charge in [0.2, 0.25) is 0 Å². The summed E-state index contributed by atoms with van der Waals surface area (Å²) in [6.07, 6.45) is 7.39. The number of nitrogens with zero attached hydrogens (tertiary/aromatic N) is 1. The summed E-state index contributed by atoms with van der Waals surface area (Å²) in [7, 11) is 0. The summed E-state index contributed by atoms with van der Waals surface area (Å²) in [6.45, 7) is 8.37. The van der Waals surface area contributed by atoms with Crippen LogP contribution in [-0.4, -0.2) is 17.5 Å². The van der Waals surface area contributed by atoms with E-state index in [9.17, 15) is 9.59 Å². The highest BCUT2D eigenvalue weighted by Crippen LogP contribution is 2.40. The second kappa shape index (κ2) is 6.50. The van der Waals surface area contributed by atoms with Crippen LogP contribution < -0.4 is 11.2 Å². The van der Waals surface area contributed by atoms with Gasteiger partial charge in [-0.3, -0.25) is 9.59 Å². The van der Waals surface area contributed by atoms with Crippen molar-refractivity contribution in [3.63, 3.8) is 0 Å². The quantitative estimate of drug-likeness (QED) is 0.470. The molecule has 0 aliphatic heterocycles. The summed E-state index contributed by atoms with van der Waals surface area (Å²) in [4.78, 5) is 21.5. The van der Waals surface area contributed by atoms with Crippen LogP contribution in [0.2, 0.25) is 0 Å². The maximum Gasteiger partial charge on any atom is 0.329 e. The van der Waals surface area contributed by atoms with E-state index in [1.54, 1.807) is 6.92 Å². The van der Waals surface area contributed by atoms with Gasteiger partial charge in [0.05, 0.1) is 5.71 Å². The predicted octanol–water partition coefficient (Wildman–Crippen LogP) is 2.05. The van der Waals surface area contributed by atoms with Crippen LogP contribution in [0.25, 0.3) is 0 Å². The van der Waals surface area contributed by atoms with Crippen LogP contribution in [0, 0.1) is 5.41 Å². The fourth-order valence-corrected chi connectivity index (χ4v) is 2.45. The number of allylic oxidation sites excluding steroid dienone is 4. The summed E-state index contributed by atoms with van der Waals surface area (Å²) in [5.41, 5.74) is 10.4. The lowest BCUT2D eigenvalue weighted by Crippen LogP contribution is -2.33. The standard InChI is InChI=1S/C15H23N3O2/c1-10-6-5-9-15(3,4)12(10)8-7-11(2)17-18-14(20)13(16)19/h7-8H,5-6,9H2,1-4H3,(H2,16,19)(H,18,20). The Morgan fingerprint density at radius 2 is 2.05 bits per heavy atom. The van der Waals surface area contributed by atoms with E-state index in [0.717, 1.165) is 6.42 Å². The number of carbonyl (C=O) groups is 2. The molecule has 0 atom stereocenters. The first-order valence-electron chi connectivity index (χ1n) is 6.76. The molecule has 2 amide bonds. The molecule has 1 rings (SSSR count). The van der Waals surface area contributed by atoms with Gasteiger partial charge in [-0.15, -0.1) is 0 Å². The first-order valence-corrected chi connectivity index (χ1v) is 6.76. The van der Waals surface area contributed by atoms with E-state index in [4.69, 9.17) is 5.73 Å². The van der Waals surface area contributed by atoms with Gasteiger partial charge in [-0.05, 0) is 50.2 Å². The first kappa shape index (κ1) is 16.1. The molecule has 0 aromatic rings. The molecule has 0 aromatic heterocycles. The van der Waals surface area contributed by atoms with Crippen molar-refractivity contribution in [2.24, 2.45) is 16.3 Å². The van der Waals surface area contributed by atoms with Crippen LogP contribution in [0.4, 0.5) is 0 Å². The highest BCUT2D eigenvalue weighted by Gasteiger charge is 2.26. The predicted molar refractivity (Wildman–Crippen MR) is 79.9 cm³/mol. The van der Waals surface area contributed by atoms with E-state index in [2.05, 4.69) is 31.3 Å². The molecule has 0 heterocycles. The number of amides is 2. The van der Waals surface area contributed by atoms with Gasteiger partial charge in [0.25, 0.3) is 0 Å². The Kier molecular flexibility index (Phi) is 5.25. The SMILES string of the molecule is CC(C=CC1=C(C)CCCC1(C)C)=NNC(=O)C(N)=O. The van der Waals surface area contributed by atoms with Crippen LogP contribution in [0.3, 0.4) is 0 Å². The minimum atomic E-state index is -1.04. The van der Waals surface area contributed by atoms with Crippen LogP contribution in [0.5, 0.6) is 0 Å². The smallest absolute Gasteiger partial charge is 0.329 e. The normalized spacial score (nSPS) is 19.3. The molecule has 0 aromatic carbocycles. The minimum absolute atomic E-state index is 0.162. The van der Waals surface area contributed by atoms with Gasteiger partial charge in [0.1, 0.15) is 0 Å². The molecule has 110 valence electrons. The molecule has 0 unspecified atom stereocenters. The Morgan fingerprint density at radius 3 is 2.60 bits per heavy atom. The van der Waals surface area contributed by atoms with Gasteiger partial charge >= 0.3 is 11.8 Å². The van der Waals surface area contributed by atoms with E-state index in [0.29, 0.717) is 5.71 Å². The molecule has 0 saturated heterocycles. The molecule has 0 bridgehead atoms. The summed E-state index contributed by atoms with van der Waals surface area (Å²) in [6, 6.07) is 0. The van der Waals surface area contributed by atoms with E-state index in [1.807, 2.05) is 12.2 Å². The summed E-state index contributed by atoms with van der Waals surface area (Å²) < 4.78 is 0. The van der Waals surface area contributed by atoms with E-state index in [-0.39, 0.29) is 5.41 Å². The van der Waals surface area contributed by atoms with Gasteiger partial charge in [-0.25, -0.2) is 5.43 Å². The number of nitrogens with two attached hydrogens (primary N) is 1. The Labute approximate surface area is 120 Å². The van der Waals surface area contributed by atoms with Gasteiger partial charge in [-0.1, -0.05) is 25.5 Å². The van der Waals surface area contributed by atoms with Crippen molar-refractivity contribution in [2.45, 2.75) is 47.0 Å². The third kappa shape index (κ3) is 4.33. The first-order chi connectivity index (χ1) is 9.24. The summed E-state index contributed by atoms with van der Waals surface area (Å²) >= 11 is 0. The van der Waals surface area contributed by atoms with Crippen LogP contribution in [0.1, 0.15) is 47.0 Å². The van der Waals surface area contributed by atoms with Crippen molar-refractivity contribution in [1.82, 2.24) is 5.43 Å². The van der Waals surface area contributed by atoms with Crippen molar-refractivity contribution >= 4 is 17.5 Å². The Balaban J connectivity index is 2.78. The van der Waals surface area contributed by atoms with Crippen molar-refractivity contribution in [2.75, 3.05) is 0 Å². The lowest BCUT2D eigenvalue weighted by atomic mass is 9.72. The van der Waals surface area contributed by atoms with Crippen molar-refractivity contribution in [1.29, 1.82) is 0 Å². The molecule has 5 heteroatoms. The van der Waals surface area contributed by atoms with Crippen molar-refractivity contribution in [3.05, 3.63) is 23.3 Å². The third-order valence-corrected chi connectivity index (χ3v) is 3.59. The molecular formula is C15H23N3O2. The number of hydrazone groups is 1. The number of hydrogen-bond acceptors (Lipinski definition) is 3. The number of nitrogens with one attached hydrogen (secondary N) is 1. The number of hydrogen-bond donors (Lipinski definition) is 2. The number of rotatable bonds is 3. The fraction of sp³-hybridized carbons (Fsp3) is 0.533. The maximum absolute atomic E-state index is 11.0. The van der Waals surface area contributed by atoms with Crippen LogP contribution in [-0.2, 0) is 9.59 Å². The zero-order chi connectivity index (χ0) is 15.3. The average molecular weight is 277 g/mol. The average Bonchev–Trinajstić information content (AvgIpc) is 2.34. The Hall–Kier alpha value is -1.91. The van der Waals surface area contributed by atoms with Gasteiger partial charge in [0.15, 0.2) is 0 Å². The van der Waals surface area contributed by atoms with Crippen molar-refractivity contribution in [3.8, 4) is 0 Å². The van der Waals surface area contributed by atoms with Gasteiger partial charge in [0, 0.05) is 0 Å². The second-order valence-corrected chi connectivity index (χ2v) is 5.82. The van der Waals surface area contributed by atoms with Crippen molar-refractivity contribution < 1.29 is 9.59 Å². The molecule has 1 aliphatic rings. The lowest BCUT2D eigenvalue weighted by molar-refractivity contribution is -0.137. The molecule has 20 heavy (non-hydrogen) atoms. The molecule has 0 radical (unpaired) electrons. The molecule has 0 spiro atoms. The molecule has 3 N–H and O–H groups in total. The largest absolute Gasteiger partial charge is 0.361 e. The van der Waals surface area contributed by atoms with Crippen LogP contribution in [0.15, 0.2) is 28.4 Å². The number of primary amides is 1. The molecule has 0 fully saturated rings. The van der Waals surface area contributed by atoms with E-state index in [1.165, 1.54) is 24.0 Å². The Bertz CT molecular complexity index is 499. The second-order valence-electron chi connectivity index (χ2n) is 5.82. The van der Waals surface area contributed by atoms with Gasteiger partial charge < -0.3 is 5.73 Å². The topological polar surface area (TPSA) is 84.6 Å². The van der Waals surface area contributed by atoms with E-state index < -0.39 is 11.8 Å². The van der Waals surface area contributed by atoms with E-state index >= 15 is 0 Å².